The SMILES string of the molecule is CCCCCCCCOCN1C=C[NH+](CCCCCCCC)C1.[Cl-]. The lowest BCUT2D eigenvalue weighted by molar-refractivity contribution is -0.849. The molecule has 1 aliphatic rings. The Kier molecular flexibility index (Phi) is 17.4. The molecule has 0 radical (unpaired) electrons. The van der Waals surface area contributed by atoms with E-state index in [1.54, 1.807) is 4.90 Å². The average molecular weight is 361 g/mol. The molecule has 1 unspecified atom stereocenters. The number of unbranched alkanes of at least 4 members (excludes halogenated alkanes) is 10. The Labute approximate surface area is 157 Å². The normalized spacial score (nSPS) is 16.6. The van der Waals surface area contributed by atoms with E-state index >= 15 is 0 Å². The lowest BCUT2D eigenvalue weighted by atomic mass is 10.1. The molecule has 144 valence electrons. The van der Waals surface area contributed by atoms with E-state index in [4.69, 9.17) is 4.74 Å². The Balaban J connectivity index is 0.00000529. The summed E-state index contributed by atoms with van der Waals surface area (Å²) >= 11 is 0. The van der Waals surface area contributed by atoms with Gasteiger partial charge in [0.05, 0.1) is 12.7 Å². The first-order chi connectivity index (χ1) is 11.4. The maximum Gasteiger partial charge on any atom is 0.158 e. The van der Waals surface area contributed by atoms with Crippen LogP contribution in [0.5, 0.6) is 0 Å². The summed E-state index contributed by atoms with van der Waals surface area (Å²) in [6.07, 6.45) is 20.9. The van der Waals surface area contributed by atoms with Crippen LogP contribution >= 0.6 is 0 Å². The number of ether oxygens (including phenoxy) is 1. The van der Waals surface area contributed by atoms with Crippen molar-refractivity contribution in [1.29, 1.82) is 0 Å². The summed E-state index contributed by atoms with van der Waals surface area (Å²) < 4.78 is 5.80. The van der Waals surface area contributed by atoms with E-state index < -0.39 is 0 Å². The smallest absolute Gasteiger partial charge is 0.158 e. The van der Waals surface area contributed by atoms with Gasteiger partial charge in [0.25, 0.3) is 0 Å². The molecule has 1 atom stereocenters. The van der Waals surface area contributed by atoms with Crippen LogP contribution in [0, 0.1) is 0 Å². The van der Waals surface area contributed by atoms with Crippen molar-refractivity contribution in [2.75, 3.05) is 26.6 Å². The van der Waals surface area contributed by atoms with Gasteiger partial charge >= 0.3 is 0 Å². The number of hydrogen-bond acceptors (Lipinski definition) is 2. The molecule has 4 heteroatoms. The van der Waals surface area contributed by atoms with Crippen LogP contribution in [0.4, 0.5) is 0 Å². The van der Waals surface area contributed by atoms with Gasteiger partial charge in [-0.25, -0.2) is 0 Å². The van der Waals surface area contributed by atoms with E-state index in [1.165, 1.54) is 83.6 Å². The van der Waals surface area contributed by atoms with Crippen molar-refractivity contribution in [3.8, 4) is 0 Å². The number of nitrogens with zero attached hydrogens (tertiary/aromatic N) is 1. The van der Waals surface area contributed by atoms with Crippen LogP contribution in [0.1, 0.15) is 90.9 Å². The van der Waals surface area contributed by atoms with E-state index in [1.807, 2.05) is 0 Å². The summed E-state index contributed by atoms with van der Waals surface area (Å²) in [4.78, 5) is 3.90. The van der Waals surface area contributed by atoms with Gasteiger partial charge in [0.15, 0.2) is 6.67 Å². The van der Waals surface area contributed by atoms with Gasteiger partial charge in [0.2, 0.25) is 0 Å². The van der Waals surface area contributed by atoms with Gasteiger partial charge in [-0.3, -0.25) is 4.90 Å². The molecule has 0 spiro atoms. The molecule has 0 fully saturated rings. The Morgan fingerprint density at radius 2 is 1.42 bits per heavy atom. The van der Waals surface area contributed by atoms with Crippen molar-refractivity contribution >= 4 is 0 Å². The van der Waals surface area contributed by atoms with Gasteiger partial charge in [0, 0.05) is 6.61 Å². The second-order valence-electron chi connectivity index (χ2n) is 7.04. The van der Waals surface area contributed by atoms with Crippen molar-refractivity contribution in [3.05, 3.63) is 12.4 Å². The maximum atomic E-state index is 5.80. The van der Waals surface area contributed by atoms with Gasteiger partial charge in [0.1, 0.15) is 12.9 Å². The van der Waals surface area contributed by atoms with Crippen molar-refractivity contribution < 1.29 is 22.0 Å². The number of rotatable bonds is 16. The zero-order chi connectivity index (χ0) is 16.6. The molecule has 0 aliphatic carbocycles. The van der Waals surface area contributed by atoms with Gasteiger partial charge in [-0.05, 0) is 19.3 Å². The summed E-state index contributed by atoms with van der Waals surface area (Å²) in [5, 5.41) is 0. The first kappa shape index (κ1) is 23.8. The number of halogens is 1. The van der Waals surface area contributed by atoms with Crippen LogP contribution < -0.4 is 17.3 Å². The minimum absolute atomic E-state index is 0. The van der Waals surface area contributed by atoms with Crippen LogP contribution in [0.3, 0.4) is 0 Å². The summed E-state index contributed by atoms with van der Waals surface area (Å²) in [5.74, 6) is 0. The Morgan fingerprint density at radius 1 is 0.833 bits per heavy atom. The zero-order valence-corrected chi connectivity index (χ0v) is 17.0. The molecule has 0 saturated carbocycles. The third-order valence-corrected chi connectivity index (χ3v) is 4.68. The Hall–Kier alpha value is -0.250. The fourth-order valence-electron chi connectivity index (χ4n) is 3.13. The third kappa shape index (κ3) is 13.1. The van der Waals surface area contributed by atoms with Crippen LogP contribution in [0.25, 0.3) is 0 Å². The number of nitrogens with one attached hydrogen (secondary N) is 1. The number of hydrogen-bond donors (Lipinski definition) is 1. The molecular weight excluding hydrogens is 320 g/mol. The standard InChI is InChI=1S/C20H40N2O.ClH/c1-3-5-7-9-11-13-15-21-16-17-22(19-21)20-23-18-14-12-10-8-6-4-2;/h16-17H,3-15,18-20H2,1-2H3;1H. The van der Waals surface area contributed by atoms with Crippen LogP contribution in [-0.2, 0) is 4.74 Å². The highest BCUT2D eigenvalue weighted by Crippen LogP contribution is 2.05. The molecule has 1 rings (SSSR count). The molecule has 0 amide bonds. The minimum Gasteiger partial charge on any atom is -1.00 e. The highest BCUT2D eigenvalue weighted by atomic mass is 35.5. The molecule has 0 aromatic rings. The van der Waals surface area contributed by atoms with Crippen molar-refractivity contribution in [2.45, 2.75) is 90.9 Å². The third-order valence-electron chi connectivity index (χ3n) is 4.68. The zero-order valence-electron chi connectivity index (χ0n) is 16.2. The number of quaternary nitrogens is 1. The molecule has 0 saturated heterocycles. The van der Waals surface area contributed by atoms with E-state index in [2.05, 4.69) is 31.1 Å². The van der Waals surface area contributed by atoms with E-state index in [9.17, 15) is 0 Å². The van der Waals surface area contributed by atoms with E-state index in [-0.39, 0.29) is 12.4 Å². The van der Waals surface area contributed by atoms with Crippen molar-refractivity contribution in [2.24, 2.45) is 0 Å². The molecule has 1 heterocycles. The molecule has 0 bridgehead atoms. The van der Waals surface area contributed by atoms with Crippen molar-refractivity contribution in [1.82, 2.24) is 4.90 Å². The summed E-state index contributed by atoms with van der Waals surface area (Å²) in [6, 6.07) is 0. The largest absolute Gasteiger partial charge is 1.00 e. The lowest BCUT2D eigenvalue weighted by Crippen LogP contribution is -3.07. The van der Waals surface area contributed by atoms with Gasteiger partial charge in [-0.2, -0.15) is 0 Å². The first-order valence-corrected chi connectivity index (χ1v) is 10.2. The average Bonchev–Trinajstić information content (AvgIpc) is 3.01. The van der Waals surface area contributed by atoms with E-state index in [0.29, 0.717) is 0 Å². The second kappa shape index (κ2) is 17.6. The summed E-state index contributed by atoms with van der Waals surface area (Å²) in [6.45, 7) is 8.60. The molecule has 24 heavy (non-hydrogen) atoms. The van der Waals surface area contributed by atoms with Gasteiger partial charge in [-0.1, -0.05) is 71.6 Å². The van der Waals surface area contributed by atoms with E-state index in [0.717, 1.165) is 20.0 Å². The monoisotopic (exact) mass is 360 g/mol. The van der Waals surface area contributed by atoms with Crippen molar-refractivity contribution in [3.63, 3.8) is 0 Å². The molecule has 0 aromatic carbocycles. The van der Waals surface area contributed by atoms with Crippen LogP contribution in [0.15, 0.2) is 12.4 Å². The topological polar surface area (TPSA) is 16.9 Å². The molecular formula is C20H41ClN2O. The molecule has 0 aromatic heterocycles. The Morgan fingerprint density at radius 3 is 2.08 bits per heavy atom. The maximum absolute atomic E-state index is 5.80. The predicted molar refractivity (Wildman–Crippen MR) is 99.2 cm³/mol. The summed E-state index contributed by atoms with van der Waals surface area (Å²) in [5.41, 5.74) is 0. The Bertz CT molecular complexity index is 287. The quantitative estimate of drug-likeness (QED) is 0.418. The fourth-order valence-corrected chi connectivity index (χ4v) is 3.13. The molecule has 1 N–H and O–H groups in total. The van der Waals surface area contributed by atoms with Gasteiger partial charge < -0.3 is 22.0 Å². The fraction of sp³-hybridized carbons (Fsp3) is 0.900. The highest BCUT2D eigenvalue weighted by Gasteiger charge is 2.16. The van der Waals surface area contributed by atoms with Crippen LogP contribution in [0.2, 0.25) is 0 Å². The summed E-state index contributed by atoms with van der Waals surface area (Å²) in [7, 11) is 0. The lowest BCUT2D eigenvalue weighted by Gasteiger charge is -2.17. The minimum atomic E-state index is 0. The molecule has 3 nitrogen and oxygen atoms in total. The predicted octanol–water partition coefficient (Wildman–Crippen LogP) is 1.31. The second-order valence-corrected chi connectivity index (χ2v) is 7.04. The van der Waals surface area contributed by atoms with Crippen LogP contribution in [-0.4, -0.2) is 31.5 Å². The molecule has 1 aliphatic heterocycles. The first-order valence-electron chi connectivity index (χ1n) is 10.2. The van der Waals surface area contributed by atoms with Gasteiger partial charge in [-0.15, -0.1) is 0 Å². The highest BCUT2D eigenvalue weighted by molar-refractivity contribution is 4.76.